The van der Waals surface area contributed by atoms with E-state index in [0.29, 0.717) is 17.3 Å². The predicted molar refractivity (Wildman–Crippen MR) is 107 cm³/mol. The Bertz CT molecular complexity index is 1050. The quantitative estimate of drug-likeness (QED) is 0.529. The van der Waals surface area contributed by atoms with Crippen LogP contribution in [0, 0.1) is 4.77 Å². The van der Waals surface area contributed by atoms with Crippen LogP contribution >= 0.6 is 12.2 Å². The van der Waals surface area contributed by atoms with Gasteiger partial charge in [-0.05, 0) is 48.0 Å². The SMILES string of the molecule is CC(C)c1ccc(N=Cc2c(O)n(-c3ccccc3)c(=S)[nH]c2=O)cc1. The molecule has 132 valence electrons. The number of aliphatic imine (C=N–C) groups is 1. The van der Waals surface area contributed by atoms with E-state index in [1.807, 2.05) is 42.5 Å². The van der Waals surface area contributed by atoms with Crippen molar-refractivity contribution in [3.05, 3.63) is 80.8 Å². The number of H-pyrrole nitrogens is 1. The Kier molecular flexibility index (Phi) is 5.14. The van der Waals surface area contributed by atoms with Gasteiger partial charge < -0.3 is 5.11 Å². The molecule has 2 aromatic carbocycles. The molecule has 0 aliphatic rings. The van der Waals surface area contributed by atoms with Crippen LogP contribution in [0.3, 0.4) is 0 Å². The van der Waals surface area contributed by atoms with Gasteiger partial charge in [0.2, 0.25) is 5.88 Å². The van der Waals surface area contributed by atoms with Crippen LogP contribution in [0.15, 0.2) is 64.4 Å². The third kappa shape index (κ3) is 3.65. The fourth-order valence-electron chi connectivity index (χ4n) is 2.56. The monoisotopic (exact) mass is 365 g/mol. The van der Waals surface area contributed by atoms with E-state index >= 15 is 0 Å². The summed E-state index contributed by atoms with van der Waals surface area (Å²) in [6.07, 6.45) is 1.35. The normalized spacial score (nSPS) is 11.3. The zero-order chi connectivity index (χ0) is 18.7. The lowest BCUT2D eigenvalue weighted by atomic mass is 10.0. The van der Waals surface area contributed by atoms with Gasteiger partial charge >= 0.3 is 0 Å². The first-order chi connectivity index (χ1) is 12.5. The molecule has 0 saturated heterocycles. The summed E-state index contributed by atoms with van der Waals surface area (Å²) in [6.45, 7) is 4.24. The van der Waals surface area contributed by atoms with Crippen LogP contribution in [0.1, 0.15) is 30.9 Å². The van der Waals surface area contributed by atoms with E-state index in [1.165, 1.54) is 16.3 Å². The summed E-state index contributed by atoms with van der Waals surface area (Å²) in [7, 11) is 0. The smallest absolute Gasteiger partial charge is 0.264 e. The van der Waals surface area contributed by atoms with Gasteiger partial charge in [0.15, 0.2) is 4.77 Å². The topological polar surface area (TPSA) is 70.4 Å². The van der Waals surface area contributed by atoms with E-state index in [4.69, 9.17) is 12.2 Å². The van der Waals surface area contributed by atoms with E-state index < -0.39 is 5.56 Å². The number of aromatic hydroxyl groups is 1. The molecule has 26 heavy (non-hydrogen) atoms. The molecule has 1 aromatic heterocycles. The Hall–Kier alpha value is -2.99. The largest absolute Gasteiger partial charge is 0.494 e. The van der Waals surface area contributed by atoms with Gasteiger partial charge in [0, 0.05) is 6.21 Å². The molecular formula is C20H19N3O2S. The van der Waals surface area contributed by atoms with Gasteiger partial charge in [0.1, 0.15) is 5.56 Å². The lowest BCUT2D eigenvalue weighted by molar-refractivity contribution is 0.432. The van der Waals surface area contributed by atoms with Gasteiger partial charge in [0.05, 0.1) is 11.4 Å². The first-order valence-corrected chi connectivity index (χ1v) is 8.66. The molecule has 0 atom stereocenters. The molecule has 6 heteroatoms. The summed E-state index contributed by atoms with van der Waals surface area (Å²) in [5.41, 5.74) is 2.13. The number of nitrogens with one attached hydrogen (secondary N) is 1. The van der Waals surface area contributed by atoms with Gasteiger partial charge in [-0.2, -0.15) is 0 Å². The van der Waals surface area contributed by atoms with Crippen molar-refractivity contribution in [2.24, 2.45) is 4.99 Å². The molecule has 0 unspecified atom stereocenters. The van der Waals surface area contributed by atoms with Crippen molar-refractivity contribution in [3.63, 3.8) is 0 Å². The summed E-state index contributed by atoms with van der Waals surface area (Å²) in [5.74, 6) is 0.192. The molecule has 0 aliphatic carbocycles. The standard InChI is InChI=1S/C20H19N3O2S/c1-13(2)14-8-10-15(11-9-14)21-12-17-18(24)22-20(26)23(19(17)25)16-6-4-3-5-7-16/h3-13,25H,1-2H3,(H,22,24,26). The Labute approximate surface area is 156 Å². The molecule has 3 rings (SSSR count). The number of hydrogen-bond donors (Lipinski definition) is 2. The highest BCUT2D eigenvalue weighted by atomic mass is 32.1. The zero-order valence-corrected chi connectivity index (χ0v) is 15.3. The van der Waals surface area contributed by atoms with Gasteiger partial charge in [-0.3, -0.25) is 19.3 Å². The second-order valence-corrected chi connectivity index (χ2v) is 6.56. The van der Waals surface area contributed by atoms with Gasteiger partial charge in [0.25, 0.3) is 5.56 Å². The zero-order valence-electron chi connectivity index (χ0n) is 14.5. The lowest BCUT2D eigenvalue weighted by Gasteiger charge is -2.10. The highest BCUT2D eigenvalue weighted by Gasteiger charge is 2.12. The number of nitrogens with zero attached hydrogens (tertiary/aromatic N) is 2. The Morgan fingerprint density at radius 3 is 2.38 bits per heavy atom. The summed E-state index contributed by atoms with van der Waals surface area (Å²) in [4.78, 5) is 19.1. The van der Waals surface area contributed by atoms with Crippen LogP contribution < -0.4 is 5.56 Å². The second-order valence-electron chi connectivity index (χ2n) is 6.17. The fourth-order valence-corrected chi connectivity index (χ4v) is 2.84. The maximum atomic E-state index is 12.2. The third-order valence-electron chi connectivity index (χ3n) is 4.04. The van der Waals surface area contributed by atoms with Crippen molar-refractivity contribution in [1.29, 1.82) is 0 Å². The highest BCUT2D eigenvalue weighted by molar-refractivity contribution is 7.71. The lowest BCUT2D eigenvalue weighted by Crippen LogP contribution is -2.17. The minimum atomic E-state index is -0.484. The van der Waals surface area contributed by atoms with Crippen molar-refractivity contribution in [2.45, 2.75) is 19.8 Å². The van der Waals surface area contributed by atoms with Crippen molar-refractivity contribution in [1.82, 2.24) is 9.55 Å². The van der Waals surface area contributed by atoms with Crippen LogP contribution in [0.25, 0.3) is 5.69 Å². The van der Waals surface area contributed by atoms with E-state index in [-0.39, 0.29) is 16.2 Å². The van der Waals surface area contributed by atoms with E-state index in [2.05, 4.69) is 23.8 Å². The van der Waals surface area contributed by atoms with Crippen molar-refractivity contribution < 1.29 is 5.11 Å². The average molecular weight is 365 g/mol. The van der Waals surface area contributed by atoms with E-state index in [1.54, 1.807) is 12.1 Å². The van der Waals surface area contributed by atoms with E-state index in [0.717, 1.165) is 0 Å². The summed E-state index contributed by atoms with van der Waals surface area (Å²) >= 11 is 5.19. The molecule has 0 aliphatic heterocycles. The molecule has 5 nitrogen and oxygen atoms in total. The Morgan fingerprint density at radius 1 is 1.12 bits per heavy atom. The maximum absolute atomic E-state index is 12.2. The molecule has 3 aromatic rings. The van der Waals surface area contributed by atoms with Crippen LogP contribution in [-0.2, 0) is 0 Å². The first kappa shape index (κ1) is 17.8. The molecule has 0 spiro atoms. The number of rotatable bonds is 4. The van der Waals surface area contributed by atoms with Gasteiger partial charge in [-0.15, -0.1) is 0 Å². The van der Waals surface area contributed by atoms with Gasteiger partial charge in [-0.1, -0.05) is 44.2 Å². The maximum Gasteiger partial charge on any atom is 0.264 e. The first-order valence-electron chi connectivity index (χ1n) is 8.25. The molecule has 2 N–H and O–H groups in total. The van der Waals surface area contributed by atoms with Crippen LogP contribution in [0.4, 0.5) is 5.69 Å². The fraction of sp³-hybridized carbons (Fsp3) is 0.150. The molecule has 1 heterocycles. The minimum Gasteiger partial charge on any atom is -0.494 e. The van der Waals surface area contributed by atoms with Crippen LogP contribution in [0.2, 0.25) is 0 Å². The number of para-hydroxylation sites is 1. The molecule has 0 radical (unpaired) electrons. The summed E-state index contributed by atoms with van der Waals surface area (Å²) in [5, 5.41) is 10.6. The number of aromatic amines is 1. The number of hydrogen-bond acceptors (Lipinski definition) is 4. The summed E-state index contributed by atoms with van der Waals surface area (Å²) in [6, 6.07) is 16.8. The number of benzene rings is 2. The van der Waals surface area contributed by atoms with Crippen molar-refractivity contribution >= 4 is 24.1 Å². The molecular weight excluding hydrogens is 346 g/mol. The Balaban J connectivity index is 2.03. The average Bonchev–Trinajstić information content (AvgIpc) is 2.62. The van der Waals surface area contributed by atoms with Crippen molar-refractivity contribution in [3.8, 4) is 11.6 Å². The molecule has 0 fully saturated rings. The van der Waals surface area contributed by atoms with Crippen molar-refractivity contribution in [2.75, 3.05) is 0 Å². The predicted octanol–water partition coefficient (Wildman–Crippen LogP) is 4.47. The van der Waals surface area contributed by atoms with Crippen LogP contribution in [0.5, 0.6) is 5.88 Å². The van der Waals surface area contributed by atoms with E-state index in [9.17, 15) is 9.90 Å². The molecule has 0 saturated carbocycles. The summed E-state index contributed by atoms with van der Waals surface area (Å²) < 4.78 is 1.53. The number of aromatic nitrogens is 2. The highest BCUT2D eigenvalue weighted by Crippen LogP contribution is 2.21. The minimum absolute atomic E-state index is 0.0513. The molecule has 0 amide bonds. The third-order valence-corrected chi connectivity index (χ3v) is 4.32. The van der Waals surface area contributed by atoms with Crippen LogP contribution in [-0.4, -0.2) is 20.9 Å². The second kappa shape index (κ2) is 7.49. The Morgan fingerprint density at radius 2 is 1.77 bits per heavy atom. The van der Waals surface area contributed by atoms with Gasteiger partial charge in [-0.25, -0.2) is 0 Å². The molecule has 0 bridgehead atoms.